The van der Waals surface area contributed by atoms with Crippen molar-refractivity contribution in [2.75, 3.05) is 0 Å². The molecule has 1 aliphatic carbocycles. The molecule has 194 valence electrons. The van der Waals surface area contributed by atoms with Gasteiger partial charge in [0.1, 0.15) is 8.07 Å². The highest BCUT2D eigenvalue weighted by atomic mass is 28.3. The van der Waals surface area contributed by atoms with E-state index in [1.165, 1.54) is 34.1 Å². The summed E-state index contributed by atoms with van der Waals surface area (Å²) >= 11 is 0. The van der Waals surface area contributed by atoms with Crippen molar-refractivity contribution in [3.63, 3.8) is 0 Å². The summed E-state index contributed by atoms with van der Waals surface area (Å²) < 4.78 is 2.23. The van der Waals surface area contributed by atoms with Crippen molar-refractivity contribution >= 4 is 36.1 Å². The number of nitrogens with zero attached hydrogens (tertiary/aromatic N) is 2. The second-order valence-electron chi connectivity index (χ2n) is 10.5. The minimum atomic E-state index is -1.92. The summed E-state index contributed by atoms with van der Waals surface area (Å²) in [6, 6.07) is 44.9. The van der Waals surface area contributed by atoms with Crippen molar-refractivity contribution < 1.29 is 0 Å². The van der Waals surface area contributed by atoms with Crippen molar-refractivity contribution in [1.29, 1.82) is 0 Å². The molecule has 0 unspecified atom stereocenters. The Morgan fingerprint density at radius 1 is 0.744 bits per heavy atom. The Morgan fingerprint density at radius 3 is 1.64 bits per heavy atom. The third kappa shape index (κ3) is 6.76. The summed E-state index contributed by atoms with van der Waals surface area (Å²) in [5.41, 5.74) is 2.94. The topological polar surface area (TPSA) is 17.8 Å². The number of imidazole rings is 1. The molecule has 1 saturated carbocycles. The molecule has 4 aromatic carbocycles. The molecular formula is C35H37BN2Si. The third-order valence-electron chi connectivity index (χ3n) is 7.85. The Hall–Kier alpha value is -3.89. The van der Waals surface area contributed by atoms with E-state index in [1.807, 2.05) is 18.6 Å². The van der Waals surface area contributed by atoms with E-state index < -0.39 is 8.07 Å². The summed E-state index contributed by atoms with van der Waals surface area (Å²) in [7, 11) is -1.92. The fourth-order valence-electron chi connectivity index (χ4n) is 5.76. The molecule has 0 radical (unpaired) electrons. The van der Waals surface area contributed by atoms with Gasteiger partial charge >= 0.3 is 0 Å². The van der Waals surface area contributed by atoms with Gasteiger partial charge in [-0.25, -0.2) is 4.98 Å². The number of rotatable bonds is 10. The average molecular weight is 525 g/mol. The zero-order valence-corrected chi connectivity index (χ0v) is 23.6. The molecule has 1 aliphatic rings. The van der Waals surface area contributed by atoms with Crippen molar-refractivity contribution in [2.45, 2.75) is 37.3 Å². The zero-order chi connectivity index (χ0) is 26.8. The van der Waals surface area contributed by atoms with E-state index in [4.69, 9.17) is 0 Å². The van der Waals surface area contributed by atoms with E-state index in [0.29, 0.717) is 6.71 Å². The van der Waals surface area contributed by atoms with E-state index >= 15 is 0 Å². The standard InChI is InChI=1S/C20H22N2Si.C15H15B/c1-2-3-16-23(18-22-15-14-21-17-22,19-10-6-4-7-11-19)20-12-8-5-9-13-20;1-3-7-13(8-4-1)16(15-11-12-15)14-9-5-2-6-10-14/h2,4-15,17H,1,3,16,18H2;1-10,15H,11-12H2. The Bertz CT molecular complexity index is 1310. The van der Waals surface area contributed by atoms with Crippen LogP contribution in [0.25, 0.3) is 0 Å². The maximum Gasteiger partial charge on any atom is 0.212 e. The molecule has 6 rings (SSSR count). The first-order valence-corrected chi connectivity index (χ1v) is 16.5. The summed E-state index contributed by atoms with van der Waals surface area (Å²) in [6.07, 6.45) is 12.7. The molecule has 39 heavy (non-hydrogen) atoms. The molecule has 0 amide bonds. The van der Waals surface area contributed by atoms with Crippen LogP contribution in [0.1, 0.15) is 19.3 Å². The highest BCUT2D eigenvalue weighted by Gasteiger charge is 2.37. The lowest BCUT2D eigenvalue weighted by molar-refractivity contribution is 0.848. The first-order chi connectivity index (χ1) is 19.3. The Balaban J connectivity index is 0.000000168. The average Bonchev–Trinajstić information content (AvgIpc) is 3.71. The van der Waals surface area contributed by atoms with E-state index in [0.717, 1.165) is 24.5 Å². The Kier molecular flexibility index (Phi) is 9.08. The van der Waals surface area contributed by atoms with Crippen molar-refractivity contribution in [1.82, 2.24) is 9.55 Å². The minimum Gasteiger partial charge on any atom is -0.340 e. The molecule has 0 saturated heterocycles. The van der Waals surface area contributed by atoms with Gasteiger partial charge < -0.3 is 4.57 Å². The maximum absolute atomic E-state index is 4.24. The number of hydrogen-bond donors (Lipinski definition) is 0. The van der Waals surface area contributed by atoms with Gasteiger partial charge in [-0.15, -0.1) is 6.58 Å². The molecule has 1 fully saturated rings. The lowest BCUT2D eigenvalue weighted by atomic mass is 9.37. The van der Waals surface area contributed by atoms with Crippen LogP contribution in [0.4, 0.5) is 0 Å². The Labute approximate surface area is 235 Å². The van der Waals surface area contributed by atoms with Gasteiger partial charge in [-0.05, 0) is 12.5 Å². The van der Waals surface area contributed by atoms with Crippen LogP contribution in [-0.4, -0.2) is 24.3 Å². The van der Waals surface area contributed by atoms with Crippen molar-refractivity contribution in [2.24, 2.45) is 0 Å². The number of hydrogen-bond acceptors (Lipinski definition) is 1. The van der Waals surface area contributed by atoms with Crippen LogP contribution in [0.15, 0.2) is 153 Å². The molecule has 0 aliphatic heterocycles. The maximum atomic E-state index is 4.24. The third-order valence-corrected chi connectivity index (χ3v) is 12.8. The van der Waals surface area contributed by atoms with Crippen LogP contribution in [-0.2, 0) is 6.17 Å². The highest BCUT2D eigenvalue weighted by Crippen LogP contribution is 2.38. The molecule has 0 spiro atoms. The lowest BCUT2D eigenvalue weighted by Gasteiger charge is -2.33. The fraction of sp³-hybridized carbons (Fsp3) is 0.171. The van der Waals surface area contributed by atoms with Gasteiger partial charge in [-0.1, -0.05) is 167 Å². The van der Waals surface area contributed by atoms with Gasteiger partial charge in [0.2, 0.25) is 6.71 Å². The van der Waals surface area contributed by atoms with E-state index in [-0.39, 0.29) is 0 Å². The highest BCUT2D eigenvalue weighted by molar-refractivity contribution is 7.01. The largest absolute Gasteiger partial charge is 0.340 e. The Morgan fingerprint density at radius 2 is 1.23 bits per heavy atom. The lowest BCUT2D eigenvalue weighted by Crippen LogP contribution is -2.61. The first kappa shape index (κ1) is 26.7. The first-order valence-electron chi connectivity index (χ1n) is 14.1. The van der Waals surface area contributed by atoms with E-state index in [9.17, 15) is 0 Å². The second-order valence-corrected chi connectivity index (χ2v) is 14.6. The number of allylic oxidation sites excluding steroid dienone is 1. The van der Waals surface area contributed by atoms with Crippen LogP contribution in [0.5, 0.6) is 0 Å². The molecule has 0 N–H and O–H groups in total. The quantitative estimate of drug-likeness (QED) is 0.169. The zero-order valence-electron chi connectivity index (χ0n) is 22.6. The summed E-state index contributed by atoms with van der Waals surface area (Å²) in [5.74, 6) is 0.866. The van der Waals surface area contributed by atoms with Crippen molar-refractivity contribution in [3.8, 4) is 0 Å². The normalized spacial score (nSPS) is 12.7. The molecule has 5 aromatic rings. The van der Waals surface area contributed by atoms with Gasteiger partial charge in [-0.2, -0.15) is 0 Å². The monoisotopic (exact) mass is 524 g/mol. The second kappa shape index (κ2) is 13.3. The fourth-order valence-corrected chi connectivity index (χ4v) is 10.4. The molecule has 0 bridgehead atoms. The van der Waals surface area contributed by atoms with Crippen LogP contribution in [0.2, 0.25) is 11.9 Å². The van der Waals surface area contributed by atoms with Crippen LogP contribution in [0, 0.1) is 0 Å². The number of aromatic nitrogens is 2. The van der Waals surface area contributed by atoms with E-state index in [1.54, 1.807) is 0 Å². The molecule has 1 aromatic heterocycles. The summed E-state index contributed by atoms with van der Waals surface area (Å²) in [6.45, 7) is 4.56. The van der Waals surface area contributed by atoms with Crippen LogP contribution < -0.4 is 21.3 Å². The van der Waals surface area contributed by atoms with Gasteiger partial charge in [0.05, 0.1) is 6.33 Å². The predicted octanol–water partition coefficient (Wildman–Crippen LogP) is 5.72. The minimum absolute atomic E-state index is 0.613. The molecular weight excluding hydrogens is 487 g/mol. The predicted molar refractivity (Wildman–Crippen MR) is 171 cm³/mol. The van der Waals surface area contributed by atoms with Crippen molar-refractivity contribution in [3.05, 3.63) is 153 Å². The van der Waals surface area contributed by atoms with Gasteiger partial charge in [0, 0.05) is 18.6 Å². The number of benzene rings is 4. The summed E-state index contributed by atoms with van der Waals surface area (Å²) in [4.78, 5) is 4.24. The van der Waals surface area contributed by atoms with Gasteiger partial charge in [0.15, 0.2) is 0 Å². The molecule has 4 heteroatoms. The van der Waals surface area contributed by atoms with Gasteiger partial charge in [0.25, 0.3) is 0 Å². The molecule has 1 heterocycles. The van der Waals surface area contributed by atoms with Crippen LogP contribution >= 0.6 is 0 Å². The molecule has 2 nitrogen and oxygen atoms in total. The summed E-state index contributed by atoms with van der Waals surface area (Å²) in [5, 5.41) is 2.95. The molecule has 0 atom stereocenters. The van der Waals surface area contributed by atoms with Crippen LogP contribution in [0.3, 0.4) is 0 Å². The van der Waals surface area contributed by atoms with E-state index in [2.05, 4.69) is 144 Å². The smallest absolute Gasteiger partial charge is 0.212 e. The SMILES string of the molecule is C=CCC[Si](Cn1ccnc1)(c1ccccc1)c1ccccc1.c1ccc(B(c2ccccc2)C2CC2)cc1. The van der Waals surface area contributed by atoms with Gasteiger partial charge in [-0.3, -0.25) is 0 Å².